The number of rotatable bonds is 3. The molecule has 0 fully saturated rings. The van der Waals surface area contributed by atoms with E-state index in [-0.39, 0.29) is 28.4 Å². The monoisotopic (exact) mass is 1010 g/mol. The van der Waals surface area contributed by atoms with Gasteiger partial charge in [-0.15, -0.1) is 0 Å². The molecule has 12 aromatic rings. The van der Waals surface area contributed by atoms with Crippen molar-refractivity contribution in [2.75, 3.05) is 9.80 Å². The summed E-state index contributed by atoms with van der Waals surface area (Å²) in [4.78, 5) is 5.36. The Kier molecular flexibility index (Phi) is 10.4. The van der Waals surface area contributed by atoms with Gasteiger partial charge in [0.1, 0.15) is 11.2 Å². The summed E-state index contributed by atoms with van der Waals surface area (Å²) < 4.78 is 6.71. The number of fused-ring (bicyclic) bond motifs is 15. The molecule has 0 amide bonds. The first kappa shape index (κ1) is 48.3. The average molecular weight is 1010 g/mol. The fourth-order valence-electron chi connectivity index (χ4n) is 13.0. The van der Waals surface area contributed by atoms with Gasteiger partial charge in [0.2, 0.25) is 0 Å². The van der Waals surface area contributed by atoms with Crippen LogP contribution >= 0.6 is 0 Å². The Hall–Kier alpha value is -8.08. The molecular weight excluding hydrogens is 944 g/mol. The summed E-state index contributed by atoms with van der Waals surface area (Å²) in [5.41, 5.74) is 20.0. The van der Waals surface area contributed by atoms with Crippen LogP contribution in [0.5, 0.6) is 0 Å². The molecule has 3 nitrogen and oxygen atoms in total. The normalized spacial score (nSPS) is 13.8. The molecule has 2 aliphatic heterocycles. The second-order valence-corrected chi connectivity index (χ2v) is 26.6. The maximum absolute atomic E-state index is 6.71. The molecule has 1 aromatic heterocycles. The third-order valence-electron chi connectivity index (χ3n) is 17.4. The molecule has 0 spiro atoms. The second kappa shape index (κ2) is 16.7. The third kappa shape index (κ3) is 7.46. The Morgan fingerprint density at radius 2 is 0.718 bits per heavy atom. The van der Waals surface area contributed by atoms with Crippen molar-refractivity contribution in [1.29, 1.82) is 0 Å². The molecule has 0 unspecified atom stereocenters. The van der Waals surface area contributed by atoms with E-state index in [4.69, 9.17) is 4.42 Å². The van der Waals surface area contributed by atoms with Gasteiger partial charge in [0.15, 0.2) is 0 Å². The molecule has 382 valence electrons. The number of benzene rings is 11. The zero-order valence-corrected chi connectivity index (χ0v) is 47.3. The van der Waals surface area contributed by atoms with Crippen molar-refractivity contribution in [3.05, 3.63) is 210 Å². The van der Waals surface area contributed by atoms with Gasteiger partial charge in [-0.3, -0.25) is 0 Å². The van der Waals surface area contributed by atoms with Crippen LogP contribution in [0.1, 0.15) is 105 Å². The summed E-state index contributed by atoms with van der Waals surface area (Å²) in [5, 5.41) is 12.3. The molecule has 0 saturated heterocycles. The second-order valence-electron chi connectivity index (χ2n) is 26.6. The van der Waals surface area contributed by atoms with Gasteiger partial charge in [0.05, 0.1) is 0 Å². The van der Waals surface area contributed by atoms with Crippen LogP contribution in [-0.4, -0.2) is 6.71 Å². The lowest BCUT2D eigenvalue weighted by molar-refractivity contribution is 0.568. The number of anilines is 6. The maximum atomic E-state index is 6.71. The zero-order valence-electron chi connectivity index (χ0n) is 47.3. The maximum Gasteiger partial charge on any atom is 0.252 e. The average Bonchev–Trinajstić information content (AvgIpc) is 3.18. The minimum Gasteiger partial charge on any atom is -0.456 e. The molecule has 0 atom stereocenters. The number of nitrogens with zero attached hydrogens (tertiary/aromatic N) is 2. The summed E-state index contributed by atoms with van der Waals surface area (Å²) in [6, 6.07) is 72.3. The van der Waals surface area contributed by atoms with Crippen molar-refractivity contribution in [1.82, 2.24) is 0 Å². The van der Waals surface area contributed by atoms with Crippen LogP contribution in [0.2, 0.25) is 0 Å². The predicted octanol–water partition coefficient (Wildman–Crippen LogP) is 19.1. The van der Waals surface area contributed by atoms with Gasteiger partial charge in [-0.05, 0) is 158 Å². The van der Waals surface area contributed by atoms with Crippen LogP contribution in [0.3, 0.4) is 0 Å². The van der Waals surface area contributed by atoms with Crippen molar-refractivity contribution >= 4 is 122 Å². The van der Waals surface area contributed by atoms with Gasteiger partial charge < -0.3 is 14.2 Å². The highest BCUT2D eigenvalue weighted by atomic mass is 16.3. The summed E-state index contributed by atoms with van der Waals surface area (Å²) >= 11 is 0. The van der Waals surface area contributed by atoms with E-state index in [1.807, 2.05) is 0 Å². The van der Waals surface area contributed by atoms with Crippen LogP contribution in [0.4, 0.5) is 34.1 Å². The minimum absolute atomic E-state index is 0.105. The van der Waals surface area contributed by atoms with Crippen LogP contribution in [0.15, 0.2) is 192 Å². The SMILES string of the molecule is CC(C)(C)c1cc(N2c3cc(-c4ccc5c(c4)oc4ccccc45)cc4c3B(c3ccc5c(ccc6ccccc65)c32)c2ccc3c(ccc5ccccc53)c2N4c2cc(C(C)(C)C)cc(C(C)(C)C)c2)cc(C(C)(C)C)c1. The molecular formula is C74H67BN2O. The van der Waals surface area contributed by atoms with Gasteiger partial charge in [0.25, 0.3) is 6.71 Å². The van der Waals surface area contributed by atoms with Crippen molar-refractivity contribution in [2.24, 2.45) is 0 Å². The molecule has 3 heterocycles. The van der Waals surface area contributed by atoms with Crippen LogP contribution in [-0.2, 0) is 21.7 Å². The number of hydrogen-bond donors (Lipinski definition) is 0. The van der Waals surface area contributed by atoms with Gasteiger partial charge >= 0.3 is 0 Å². The molecule has 11 aromatic carbocycles. The Morgan fingerprint density at radius 3 is 1.18 bits per heavy atom. The molecule has 14 rings (SSSR count). The standard InChI is InChI=1S/C74H67BN2O/c1-71(2,3)48-38-49(72(4,5)6)41-52(40-48)76-64-35-47(46-27-28-59-58-23-17-18-24-66(58)78-67(59)37-46)36-65-68(64)75(62-33-31-56-54-21-15-13-19-44(54)25-29-60(56)69(62)76)63-34-32-57-55-22-16-14-20-45(55)26-30-61(57)70(63)77(65)53-42-50(73(7,8)9)39-51(43-53)74(10,11)12/h13-43H,1-12H3. The molecule has 2 aliphatic rings. The number of hydrogen-bond acceptors (Lipinski definition) is 3. The lowest BCUT2D eigenvalue weighted by Gasteiger charge is -2.46. The molecule has 0 aliphatic carbocycles. The first-order valence-corrected chi connectivity index (χ1v) is 28.1. The minimum atomic E-state index is -0.112. The summed E-state index contributed by atoms with van der Waals surface area (Å²) in [6.07, 6.45) is 0. The van der Waals surface area contributed by atoms with Crippen molar-refractivity contribution in [3.8, 4) is 11.1 Å². The highest BCUT2D eigenvalue weighted by molar-refractivity contribution is 7.01. The molecule has 0 saturated carbocycles. The quantitative estimate of drug-likeness (QED) is 0.130. The van der Waals surface area contributed by atoms with Crippen LogP contribution < -0.4 is 26.2 Å². The van der Waals surface area contributed by atoms with E-state index in [1.165, 1.54) is 116 Å². The van der Waals surface area contributed by atoms with Crippen molar-refractivity contribution in [2.45, 2.75) is 105 Å². The van der Waals surface area contributed by atoms with E-state index >= 15 is 0 Å². The Labute approximate surface area is 460 Å². The van der Waals surface area contributed by atoms with E-state index in [9.17, 15) is 0 Å². The van der Waals surface area contributed by atoms with Gasteiger partial charge in [-0.1, -0.05) is 217 Å². The topological polar surface area (TPSA) is 19.6 Å². The molecule has 78 heavy (non-hydrogen) atoms. The first-order valence-electron chi connectivity index (χ1n) is 28.1. The number of para-hydroxylation sites is 1. The van der Waals surface area contributed by atoms with Gasteiger partial charge in [-0.2, -0.15) is 0 Å². The van der Waals surface area contributed by atoms with Gasteiger partial charge in [-0.25, -0.2) is 0 Å². The molecule has 0 N–H and O–H groups in total. The smallest absolute Gasteiger partial charge is 0.252 e. The van der Waals surface area contributed by atoms with E-state index in [1.54, 1.807) is 0 Å². The van der Waals surface area contributed by atoms with Crippen molar-refractivity contribution in [3.63, 3.8) is 0 Å². The Bertz CT molecular complexity index is 4220. The fourth-order valence-corrected chi connectivity index (χ4v) is 13.0. The van der Waals surface area contributed by atoms with Crippen LogP contribution in [0, 0.1) is 0 Å². The summed E-state index contributed by atoms with van der Waals surface area (Å²) in [7, 11) is 0. The fraction of sp³-hybridized carbons (Fsp3) is 0.216. The number of furan rings is 1. The Morgan fingerprint density at radius 1 is 0.321 bits per heavy atom. The lowest BCUT2D eigenvalue weighted by Crippen LogP contribution is -2.61. The molecule has 0 radical (unpaired) electrons. The molecule has 4 heteroatoms. The summed E-state index contributed by atoms with van der Waals surface area (Å²) in [5.74, 6) is 0. The van der Waals surface area contributed by atoms with E-state index in [0.29, 0.717) is 0 Å². The molecule has 0 bridgehead atoms. The third-order valence-corrected chi connectivity index (χ3v) is 17.4. The highest BCUT2D eigenvalue weighted by Crippen LogP contribution is 2.52. The lowest BCUT2D eigenvalue weighted by atomic mass is 9.33. The largest absolute Gasteiger partial charge is 0.456 e. The predicted molar refractivity (Wildman–Crippen MR) is 338 cm³/mol. The van der Waals surface area contributed by atoms with Crippen LogP contribution in [0.25, 0.3) is 76.2 Å². The van der Waals surface area contributed by atoms with Crippen molar-refractivity contribution < 1.29 is 4.42 Å². The van der Waals surface area contributed by atoms with E-state index in [2.05, 4.69) is 281 Å². The van der Waals surface area contributed by atoms with E-state index in [0.717, 1.165) is 33.1 Å². The summed E-state index contributed by atoms with van der Waals surface area (Å²) in [6.45, 7) is 28.2. The van der Waals surface area contributed by atoms with E-state index < -0.39 is 0 Å². The zero-order chi connectivity index (χ0) is 53.9. The first-order chi connectivity index (χ1) is 37.2. The highest BCUT2D eigenvalue weighted by Gasteiger charge is 2.46. The Balaban J connectivity index is 1.19. The van der Waals surface area contributed by atoms with Gasteiger partial charge in [0, 0.05) is 55.7 Å².